The molecule has 3 rings (SSSR count). The Labute approximate surface area is 115 Å². The Morgan fingerprint density at radius 1 is 1.00 bits per heavy atom. The largest absolute Gasteiger partial charge is 0.379 e. The molecule has 0 amide bonds. The van der Waals surface area contributed by atoms with Crippen molar-refractivity contribution in [3.63, 3.8) is 0 Å². The van der Waals surface area contributed by atoms with Gasteiger partial charge in [-0.3, -0.25) is 0 Å². The summed E-state index contributed by atoms with van der Waals surface area (Å²) in [5.74, 6) is -0.553. The minimum atomic E-state index is -0.735. The lowest BCUT2D eigenvalue weighted by atomic mass is 9.91. The third-order valence-corrected chi connectivity index (χ3v) is 4.77. The first-order chi connectivity index (χ1) is 7.56. The molecule has 1 N–H and O–H groups in total. The second-order valence-electron chi connectivity index (χ2n) is 6.48. The molecule has 3 heterocycles. The van der Waals surface area contributed by atoms with Gasteiger partial charge in [-0.25, -0.2) is 0 Å². The van der Waals surface area contributed by atoms with Crippen molar-refractivity contribution >= 4 is 22.6 Å². The number of ether oxygens (including phenoxy) is 3. The van der Waals surface area contributed by atoms with Gasteiger partial charge in [0.2, 0.25) is 0 Å². The van der Waals surface area contributed by atoms with Crippen LogP contribution in [-0.2, 0) is 14.2 Å². The molecule has 0 radical (unpaired) electrons. The molecule has 0 aromatic carbocycles. The number of hydrogen-bond acceptors (Lipinski definition) is 4. The molecule has 0 spiro atoms. The quantitative estimate of drug-likeness (QED) is 0.534. The Balaban J connectivity index is 2.01. The summed E-state index contributed by atoms with van der Waals surface area (Å²) in [5, 5.41) is 10.4. The summed E-state index contributed by atoms with van der Waals surface area (Å²) in [6.45, 7) is 7.90. The van der Waals surface area contributed by atoms with Crippen LogP contribution in [0, 0.1) is 0 Å². The molecule has 3 fully saturated rings. The van der Waals surface area contributed by atoms with Crippen LogP contribution >= 0.6 is 22.6 Å². The first-order valence-corrected chi connectivity index (χ1v) is 7.10. The molecule has 3 aliphatic rings. The normalized spacial score (nSPS) is 60.4. The summed E-state index contributed by atoms with van der Waals surface area (Å²) in [7, 11) is 0. The predicted octanol–water partition coefficient (Wildman–Crippen LogP) is 1.97. The maximum absolute atomic E-state index is 10.4. The standard InChI is InChI=1S/C12H19IO4/c1-9(2)15-7-8(16-9)11(4)6-12(13,14)5-10(7,3)17-11/h7-8,14H,5-6H2,1-4H3/t7-,8+,10+,11-,12?. The predicted molar refractivity (Wildman–Crippen MR) is 69.9 cm³/mol. The van der Waals surface area contributed by atoms with Gasteiger partial charge in [-0.15, -0.1) is 0 Å². The maximum atomic E-state index is 10.4. The fourth-order valence-electron chi connectivity index (χ4n) is 3.71. The van der Waals surface area contributed by atoms with Gasteiger partial charge in [0.05, 0.1) is 11.2 Å². The highest BCUT2D eigenvalue weighted by molar-refractivity contribution is 14.1. The van der Waals surface area contributed by atoms with Crippen LogP contribution in [0.3, 0.4) is 0 Å². The van der Waals surface area contributed by atoms with Crippen molar-refractivity contribution in [3.8, 4) is 0 Å². The molecule has 5 atom stereocenters. The van der Waals surface area contributed by atoms with Crippen molar-refractivity contribution in [2.45, 2.75) is 73.3 Å². The van der Waals surface area contributed by atoms with E-state index in [1.165, 1.54) is 0 Å². The zero-order valence-electron chi connectivity index (χ0n) is 10.6. The number of hydrogen-bond donors (Lipinski definition) is 1. The van der Waals surface area contributed by atoms with E-state index in [1.807, 2.05) is 27.7 Å². The molecule has 1 unspecified atom stereocenters. The topological polar surface area (TPSA) is 47.9 Å². The third kappa shape index (κ3) is 1.77. The second kappa shape index (κ2) is 3.17. The number of alkyl halides is 1. The van der Waals surface area contributed by atoms with Crippen molar-refractivity contribution in [2.75, 3.05) is 0 Å². The zero-order valence-corrected chi connectivity index (χ0v) is 12.8. The van der Waals surface area contributed by atoms with Crippen LogP contribution in [0.1, 0.15) is 40.5 Å². The van der Waals surface area contributed by atoms with Gasteiger partial charge in [0, 0.05) is 12.8 Å². The smallest absolute Gasteiger partial charge is 0.164 e. The van der Waals surface area contributed by atoms with E-state index in [1.54, 1.807) is 0 Å². The van der Waals surface area contributed by atoms with Gasteiger partial charge in [0.1, 0.15) is 15.8 Å². The third-order valence-electron chi connectivity index (χ3n) is 4.01. The average molecular weight is 354 g/mol. The Morgan fingerprint density at radius 3 is 1.82 bits per heavy atom. The molecule has 98 valence electrons. The number of aliphatic hydroxyl groups is 1. The van der Waals surface area contributed by atoms with Crippen LogP contribution in [0.2, 0.25) is 0 Å². The van der Waals surface area contributed by atoms with Crippen LogP contribution in [0.5, 0.6) is 0 Å². The summed E-state index contributed by atoms with van der Waals surface area (Å²) >= 11 is 2.12. The van der Waals surface area contributed by atoms with E-state index in [-0.39, 0.29) is 12.2 Å². The van der Waals surface area contributed by atoms with Crippen LogP contribution in [0.25, 0.3) is 0 Å². The fourth-order valence-corrected chi connectivity index (χ4v) is 5.23. The van der Waals surface area contributed by atoms with E-state index >= 15 is 0 Å². The van der Waals surface area contributed by atoms with Gasteiger partial charge >= 0.3 is 0 Å². The van der Waals surface area contributed by atoms with Crippen molar-refractivity contribution in [2.24, 2.45) is 0 Å². The first-order valence-electron chi connectivity index (χ1n) is 6.03. The van der Waals surface area contributed by atoms with E-state index in [0.717, 1.165) is 0 Å². The van der Waals surface area contributed by atoms with E-state index in [9.17, 15) is 5.11 Å². The molecule has 0 aliphatic carbocycles. The van der Waals surface area contributed by atoms with Gasteiger partial charge in [-0.2, -0.15) is 0 Å². The minimum Gasteiger partial charge on any atom is -0.379 e. The molecular weight excluding hydrogens is 335 g/mol. The zero-order chi connectivity index (χ0) is 12.7. The number of halogens is 1. The SMILES string of the molecule is CC1(C)O[C@@H]2[C@H](O1)[C@@]1(C)CC(O)(I)C[C@]2(C)O1. The summed E-state index contributed by atoms with van der Waals surface area (Å²) in [5.41, 5.74) is -0.914. The van der Waals surface area contributed by atoms with Gasteiger partial charge < -0.3 is 19.3 Å². The summed E-state index contributed by atoms with van der Waals surface area (Å²) in [4.78, 5) is 0. The number of rotatable bonds is 0. The van der Waals surface area contributed by atoms with Crippen LogP contribution in [0.15, 0.2) is 0 Å². The van der Waals surface area contributed by atoms with Crippen molar-refractivity contribution in [1.29, 1.82) is 0 Å². The molecule has 3 saturated heterocycles. The first kappa shape index (κ1) is 12.6. The molecule has 17 heavy (non-hydrogen) atoms. The van der Waals surface area contributed by atoms with E-state index in [2.05, 4.69) is 22.6 Å². The van der Waals surface area contributed by atoms with Crippen molar-refractivity contribution < 1.29 is 19.3 Å². The van der Waals surface area contributed by atoms with Gasteiger partial charge in [-0.05, 0) is 50.3 Å². The highest BCUT2D eigenvalue weighted by atomic mass is 127. The Bertz CT molecular complexity index is 332. The van der Waals surface area contributed by atoms with Gasteiger partial charge in [-0.1, -0.05) is 0 Å². The van der Waals surface area contributed by atoms with Crippen LogP contribution in [-0.4, -0.2) is 37.9 Å². The molecule has 0 aromatic heterocycles. The second-order valence-corrected chi connectivity index (χ2v) is 8.48. The van der Waals surface area contributed by atoms with E-state index < -0.39 is 20.6 Å². The van der Waals surface area contributed by atoms with Crippen LogP contribution in [0.4, 0.5) is 0 Å². The fraction of sp³-hybridized carbons (Fsp3) is 1.00. The molecule has 4 nitrogen and oxygen atoms in total. The molecule has 2 bridgehead atoms. The molecule has 0 saturated carbocycles. The Morgan fingerprint density at radius 2 is 1.41 bits per heavy atom. The summed E-state index contributed by atoms with van der Waals surface area (Å²) < 4.78 is 17.4. The average Bonchev–Trinajstić information content (AvgIpc) is 2.43. The summed E-state index contributed by atoms with van der Waals surface area (Å²) in [6, 6.07) is 0. The van der Waals surface area contributed by atoms with Gasteiger partial charge in [0.15, 0.2) is 5.79 Å². The molecule has 0 aromatic rings. The molecule has 3 aliphatic heterocycles. The maximum Gasteiger partial charge on any atom is 0.164 e. The van der Waals surface area contributed by atoms with Crippen molar-refractivity contribution in [3.05, 3.63) is 0 Å². The lowest BCUT2D eigenvalue weighted by molar-refractivity contribution is -0.254. The Kier molecular flexibility index (Phi) is 2.35. The Hall–Kier alpha value is 0.570. The van der Waals surface area contributed by atoms with E-state index in [4.69, 9.17) is 14.2 Å². The van der Waals surface area contributed by atoms with E-state index in [0.29, 0.717) is 12.8 Å². The van der Waals surface area contributed by atoms with Crippen LogP contribution < -0.4 is 0 Å². The molecule has 5 heteroatoms. The highest BCUT2D eigenvalue weighted by Gasteiger charge is 2.70. The lowest BCUT2D eigenvalue weighted by Crippen LogP contribution is -2.52. The number of fused-ring (bicyclic) bond motifs is 5. The summed E-state index contributed by atoms with van der Waals surface area (Å²) in [6.07, 6.45) is 0.977. The van der Waals surface area contributed by atoms with Gasteiger partial charge in [0.25, 0.3) is 0 Å². The van der Waals surface area contributed by atoms with Crippen molar-refractivity contribution in [1.82, 2.24) is 0 Å². The molecular formula is C12H19IO4. The monoisotopic (exact) mass is 354 g/mol. The lowest BCUT2D eigenvalue weighted by Gasteiger charge is -2.45. The highest BCUT2D eigenvalue weighted by Crippen LogP contribution is 2.58. The minimum absolute atomic E-state index is 0.0914.